The van der Waals surface area contributed by atoms with Crippen molar-refractivity contribution in [2.24, 2.45) is 0 Å². The molecule has 0 spiro atoms. The van der Waals surface area contributed by atoms with E-state index in [9.17, 15) is 4.79 Å². The van der Waals surface area contributed by atoms with Gasteiger partial charge in [0.1, 0.15) is 22.8 Å². The summed E-state index contributed by atoms with van der Waals surface area (Å²) in [5.41, 5.74) is 1.53. The highest BCUT2D eigenvalue weighted by atomic mass is 16.5. The van der Waals surface area contributed by atoms with E-state index in [4.69, 9.17) is 13.9 Å². The lowest BCUT2D eigenvalue weighted by atomic mass is 10.2. The smallest absolute Gasteiger partial charge is 0.341 e. The molecular formula is C16H19NO4. The number of ether oxygens (including phenoxy) is 2. The van der Waals surface area contributed by atoms with Gasteiger partial charge in [-0.25, -0.2) is 4.79 Å². The summed E-state index contributed by atoms with van der Waals surface area (Å²) in [6, 6.07) is 9.52. The number of hydrogen-bond donors (Lipinski definition) is 1. The second kappa shape index (κ2) is 6.95. The molecule has 1 heterocycles. The van der Waals surface area contributed by atoms with Gasteiger partial charge in [0, 0.05) is 12.1 Å². The van der Waals surface area contributed by atoms with Crippen LogP contribution in [0.2, 0.25) is 0 Å². The van der Waals surface area contributed by atoms with Crippen molar-refractivity contribution in [3.8, 4) is 5.75 Å². The Morgan fingerprint density at radius 2 is 2.00 bits per heavy atom. The number of carbonyl (C=O) groups is 1. The molecule has 0 unspecified atom stereocenters. The molecule has 0 bridgehead atoms. The Bertz CT molecular complexity index is 618. The molecule has 0 fully saturated rings. The van der Waals surface area contributed by atoms with Gasteiger partial charge in [0.2, 0.25) is 0 Å². The number of para-hydroxylation sites is 1. The third kappa shape index (κ3) is 3.64. The van der Waals surface area contributed by atoms with Crippen LogP contribution in [0.25, 0.3) is 0 Å². The number of benzene rings is 1. The minimum absolute atomic E-state index is 0.382. The quantitative estimate of drug-likeness (QED) is 0.828. The molecule has 1 N–H and O–H groups in total. The molecule has 0 amide bonds. The molecule has 0 saturated heterocycles. The zero-order valence-electron chi connectivity index (χ0n) is 12.4. The van der Waals surface area contributed by atoms with Crippen molar-refractivity contribution in [2.45, 2.75) is 20.0 Å². The van der Waals surface area contributed by atoms with Crippen LogP contribution in [-0.4, -0.2) is 20.2 Å². The van der Waals surface area contributed by atoms with Gasteiger partial charge in [-0.3, -0.25) is 0 Å². The topological polar surface area (TPSA) is 60.7 Å². The first kappa shape index (κ1) is 15.1. The number of nitrogens with one attached hydrogen (secondary N) is 1. The number of esters is 1. The largest absolute Gasteiger partial charge is 0.496 e. The third-order valence-electron chi connectivity index (χ3n) is 3.18. The fourth-order valence-electron chi connectivity index (χ4n) is 2.11. The lowest BCUT2D eigenvalue weighted by Gasteiger charge is -2.08. The zero-order chi connectivity index (χ0) is 15.2. The Labute approximate surface area is 123 Å². The molecule has 0 aliphatic rings. The Morgan fingerprint density at radius 3 is 2.71 bits per heavy atom. The number of carbonyl (C=O) groups excluding carboxylic acids is 1. The molecule has 112 valence electrons. The molecule has 0 aliphatic carbocycles. The van der Waals surface area contributed by atoms with Crippen LogP contribution in [-0.2, 0) is 17.8 Å². The molecule has 0 aliphatic heterocycles. The van der Waals surface area contributed by atoms with Crippen molar-refractivity contribution < 1.29 is 18.7 Å². The summed E-state index contributed by atoms with van der Waals surface area (Å²) in [7, 11) is 3.01. The lowest BCUT2D eigenvalue weighted by Crippen LogP contribution is -2.12. The summed E-state index contributed by atoms with van der Waals surface area (Å²) in [6.45, 7) is 2.92. The SMILES string of the molecule is COC(=O)c1cc(CNCc2ccccc2OC)oc1C. The van der Waals surface area contributed by atoms with E-state index in [1.807, 2.05) is 24.3 Å². The number of rotatable bonds is 6. The average molecular weight is 289 g/mol. The molecule has 2 rings (SSSR count). The molecule has 0 radical (unpaired) electrons. The highest BCUT2D eigenvalue weighted by molar-refractivity contribution is 5.90. The van der Waals surface area contributed by atoms with E-state index in [1.54, 1.807) is 20.1 Å². The summed E-state index contributed by atoms with van der Waals surface area (Å²) in [6.07, 6.45) is 0. The summed E-state index contributed by atoms with van der Waals surface area (Å²) >= 11 is 0. The third-order valence-corrected chi connectivity index (χ3v) is 3.18. The fourth-order valence-corrected chi connectivity index (χ4v) is 2.11. The normalized spacial score (nSPS) is 10.4. The Hall–Kier alpha value is -2.27. The molecule has 0 atom stereocenters. The molecule has 1 aromatic heterocycles. The monoisotopic (exact) mass is 289 g/mol. The maximum Gasteiger partial charge on any atom is 0.341 e. The Morgan fingerprint density at radius 1 is 1.24 bits per heavy atom. The van der Waals surface area contributed by atoms with Crippen molar-refractivity contribution in [1.29, 1.82) is 0 Å². The second-order valence-corrected chi connectivity index (χ2v) is 4.59. The Kier molecular flexibility index (Phi) is 5.00. The molecule has 5 nitrogen and oxygen atoms in total. The van der Waals surface area contributed by atoms with Crippen molar-refractivity contribution in [2.75, 3.05) is 14.2 Å². The number of aryl methyl sites for hydroxylation is 1. The van der Waals surface area contributed by atoms with Gasteiger partial charge in [-0.15, -0.1) is 0 Å². The van der Waals surface area contributed by atoms with Crippen molar-refractivity contribution >= 4 is 5.97 Å². The standard InChI is InChI=1S/C16H19NO4/c1-11-14(16(18)20-3)8-13(21-11)10-17-9-12-6-4-5-7-15(12)19-2/h4-8,17H,9-10H2,1-3H3. The highest BCUT2D eigenvalue weighted by Gasteiger charge is 2.15. The van der Waals surface area contributed by atoms with Crippen LogP contribution < -0.4 is 10.1 Å². The van der Waals surface area contributed by atoms with Gasteiger partial charge in [0.05, 0.1) is 20.8 Å². The highest BCUT2D eigenvalue weighted by Crippen LogP contribution is 2.18. The Balaban J connectivity index is 1.96. The van der Waals surface area contributed by atoms with Crippen LogP contribution in [0, 0.1) is 6.92 Å². The van der Waals surface area contributed by atoms with Gasteiger partial charge in [-0.2, -0.15) is 0 Å². The van der Waals surface area contributed by atoms with Crippen LogP contribution in [0.3, 0.4) is 0 Å². The van der Waals surface area contributed by atoms with E-state index in [0.29, 0.717) is 30.2 Å². The number of furan rings is 1. The van der Waals surface area contributed by atoms with E-state index in [2.05, 4.69) is 5.32 Å². The van der Waals surface area contributed by atoms with E-state index in [1.165, 1.54) is 7.11 Å². The summed E-state index contributed by atoms with van der Waals surface area (Å²) < 4.78 is 15.5. The first-order valence-electron chi connectivity index (χ1n) is 6.66. The van der Waals surface area contributed by atoms with Gasteiger partial charge >= 0.3 is 5.97 Å². The van der Waals surface area contributed by atoms with Gasteiger partial charge in [-0.1, -0.05) is 18.2 Å². The predicted molar refractivity (Wildman–Crippen MR) is 78.3 cm³/mol. The summed E-state index contributed by atoms with van der Waals surface area (Å²) in [4.78, 5) is 11.5. The minimum Gasteiger partial charge on any atom is -0.496 e. The molecule has 0 saturated carbocycles. The molecule has 2 aromatic rings. The molecular weight excluding hydrogens is 270 g/mol. The predicted octanol–water partition coefficient (Wildman–Crippen LogP) is 2.67. The second-order valence-electron chi connectivity index (χ2n) is 4.59. The van der Waals surface area contributed by atoms with Crippen LogP contribution >= 0.6 is 0 Å². The lowest BCUT2D eigenvalue weighted by molar-refractivity contribution is 0.0599. The first-order chi connectivity index (χ1) is 10.2. The summed E-state index contributed by atoms with van der Waals surface area (Å²) in [5.74, 6) is 1.72. The van der Waals surface area contributed by atoms with Crippen molar-refractivity contribution in [3.63, 3.8) is 0 Å². The molecule has 21 heavy (non-hydrogen) atoms. The number of hydrogen-bond acceptors (Lipinski definition) is 5. The van der Waals surface area contributed by atoms with Gasteiger partial charge in [-0.05, 0) is 19.1 Å². The minimum atomic E-state index is -0.382. The zero-order valence-corrected chi connectivity index (χ0v) is 12.4. The van der Waals surface area contributed by atoms with E-state index >= 15 is 0 Å². The van der Waals surface area contributed by atoms with Crippen molar-refractivity contribution in [1.82, 2.24) is 5.32 Å². The molecule has 5 heteroatoms. The fraction of sp³-hybridized carbons (Fsp3) is 0.312. The maximum atomic E-state index is 11.5. The van der Waals surface area contributed by atoms with Gasteiger partial charge < -0.3 is 19.2 Å². The maximum absolute atomic E-state index is 11.5. The van der Waals surface area contributed by atoms with Gasteiger partial charge in [0.25, 0.3) is 0 Å². The van der Waals surface area contributed by atoms with E-state index < -0.39 is 0 Å². The average Bonchev–Trinajstić information content (AvgIpc) is 2.88. The molecule has 1 aromatic carbocycles. The van der Waals surface area contributed by atoms with Crippen LogP contribution in [0.15, 0.2) is 34.7 Å². The van der Waals surface area contributed by atoms with Crippen LogP contribution in [0.1, 0.15) is 27.4 Å². The van der Waals surface area contributed by atoms with Gasteiger partial charge in [0.15, 0.2) is 0 Å². The van der Waals surface area contributed by atoms with E-state index in [-0.39, 0.29) is 5.97 Å². The van der Waals surface area contributed by atoms with Crippen molar-refractivity contribution in [3.05, 3.63) is 53.0 Å². The van der Waals surface area contributed by atoms with Crippen LogP contribution in [0.5, 0.6) is 5.75 Å². The first-order valence-corrected chi connectivity index (χ1v) is 6.66. The number of methoxy groups -OCH3 is 2. The summed E-state index contributed by atoms with van der Waals surface area (Å²) in [5, 5.41) is 3.26. The van der Waals surface area contributed by atoms with Crippen LogP contribution in [0.4, 0.5) is 0 Å². The van der Waals surface area contributed by atoms with E-state index in [0.717, 1.165) is 11.3 Å².